The number of sulfone groups is 1. The number of hydrogen-bond donors (Lipinski definition) is 1. The van der Waals surface area contributed by atoms with E-state index in [4.69, 9.17) is 4.52 Å². The molecule has 0 bridgehead atoms. The first kappa shape index (κ1) is 13.7. The van der Waals surface area contributed by atoms with E-state index < -0.39 is 9.84 Å². The molecule has 0 radical (unpaired) electrons. The third-order valence-corrected chi connectivity index (χ3v) is 3.66. The van der Waals surface area contributed by atoms with E-state index in [-0.39, 0.29) is 4.90 Å². The molecular weight excluding hydrogens is 266 g/mol. The number of nitrogens with one attached hydrogen (secondary N) is 1. The number of benzene rings is 1. The van der Waals surface area contributed by atoms with Gasteiger partial charge in [-0.25, -0.2) is 8.42 Å². The van der Waals surface area contributed by atoms with Crippen LogP contribution in [-0.2, 0) is 16.4 Å². The highest BCUT2D eigenvalue weighted by Gasteiger charge is 2.11. The van der Waals surface area contributed by atoms with E-state index in [9.17, 15) is 8.42 Å². The Morgan fingerprint density at radius 2 is 1.95 bits per heavy atom. The normalized spacial score (nSPS) is 11.7. The van der Waals surface area contributed by atoms with Crippen molar-refractivity contribution in [1.82, 2.24) is 15.5 Å². The predicted molar refractivity (Wildman–Crippen MR) is 70.2 cm³/mol. The summed E-state index contributed by atoms with van der Waals surface area (Å²) in [6.07, 6.45) is 1.17. The van der Waals surface area contributed by atoms with Gasteiger partial charge in [0.25, 0.3) is 5.89 Å². The Morgan fingerprint density at radius 1 is 1.26 bits per heavy atom. The fraction of sp³-hybridized carbons (Fsp3) is 0.333. The first-order valence-electron chi connectivity index (χ1n) is 5.84. The molecule has 19 heavy (non-hydrogen) atoms. The van der Waals surface area contributed by atoms with Crippen molar-refractivity contribution >= 4 is 9.84 Å². The lowest BCUT2D eigenvalue weighted by Gasteiger charge is -1.98. The van der Waals surface area contributed by atoms with Crippen LogP contribution in [-0.4, -0.2) is 31.4 Å². The van der Waals surface area contributed by atoms with Gasteiger partial charge in [0.15, 0.2) is 15.7 Å². The minimum Gasteiger partial charge on any atom is -0.334 e. The molecule has 1 aromatic carbocycles. The lowest BCUT2D eigenvalue weighted by molar-refractivity contribution is 0.420. The van der Waals surface area contributed by atoms with Gasteiger partial charge in [0, 0.05) is 11.8 Å². The standard InChI is InChI=1S/C12H15N3O3S/c1-3-13-8-11-14-12(18-15-11)9-4-6-10(7-5-9)19(2,16)17/h4-7,13H,3,8H2,1-2H3. The van der Waals surface area contributed by atoms with Crippen molar-refractivity contribution in [3.8, 4) is 11.5 Å². The maximum absolute atomic E-state index is 11.3. The molecule has 0 unspecified atom stereocenters. The Morgan fingerprint density at radius 3 is 2.53 bits per heavy atom. The zero-order valence-electron chi connectivity index (χ0n) is 10.8. The van der Waals surface area contributed by atoms with E-state index in [1.54, 1.807) is 12.1 Å². The molecule has 102 valence electrons. The van der Waals surface area contributed by atoms with Gasteiger partial charge in [-0.05, 0) is 30.8 Å². The molecule has 0 aliphatic rings. The largest absolute Gasteiger partial charge is 0.334 e. The summed E-state index contributed by atoms with van der Waals surface area (Å²) < 4.78 is 27.8. The van der Waals surface area contributed by atoms with Crippen molar-refractivity contribution in [2.45, 2.75) is 18.4 Å². The van der Waals surface area contributed by atoms with Crippen molar-refractivity contribution in [1.29, 1.82) is 0 Å². The third kappa shape index (κ3) is 3.39. The van der Waals surface area contributed by atoms with E-state index in [1.807, 2.05) is 6.92 Å². The zero-order chi connectivity index (χ0) is 13.9. The van der Waals surface area contributed by atoms with Crippen LogP contribution in [0.15, 0.2) is 33.7 Å². The quantitative estimate of drug-likeness (QED) is 0.887. The lowest BCUT2D eigenvalue weighted by atomic mass is 10.2. The molecule has 0 aliphatic carbocycles. The highest BCUT2D eigenvalue weighted by atomic mass is 32.2. The Balaban J connectivity index is 2.20. The second-order valence-corrected chi connectivity index (χ2v) is 6.11. The van der Waals surface area contributed by atoms with Gasteiger partial charge in [0.2, 0.25) is 0 Å². The summed E-state index contributed by atoms with van der Waals surface area (Å²) in [5.74, 6) is 0.956. The summed E-state index contributed by atoms with van der Waals surface area (Å²) in [4.78, 5) is 4.49. The average molecular weight is 281 g/mol. The maximum Gasteiger partial charge on any atom is 0.257 e. The van der Waals surface area contributed by atoms with E-state index in [2.05, 4.69) is 15.5 Å². The molecule has 2 aromatic rings. The second kappa shape index (κ2) is 5.50. The molecular formula is C12H15N3O3S. The second-order valence-electron chi connectivity index (χ2n) is 4.09. The summed E-state index contributed by atoms with van der Waals surface area (Å²) in [7, 11) is -3.19. The molecule has 0 aliphatic heterocycles. The summed E-state index contributed by atoms with van der Waals surface area (Å²) in [5.41, 5.74) is 0.697. The van der Waals surface area contributed by atoms with Crippen LogP contribution in [0.25, 0.3) is 11.5 Å². The van der Waals surface area contributed by atoms with Gasteiger partial charge < -0.3 is 9.84 Å². The topological polar surface area (TPSA) is 85.1 Å². The molecule has 0 fully saturated rings. The number of rotatable bonds is 5. The molecule has 1 heterocycles. The Hall–Kier alpha value is -1.73. The highest BCUT2D eigenvalue weighted by Crippen LogP contribution is 2.19. The number of nitrogens with zero attached hydrogens (tertiary/aromatic N) is 2. The van der Waals surface area contributed by atoms with E-state index in [0.717, 1.165) is 6.54 Å². The monoisotopic (exact) mass is 281 g/mol. The van der Waals surface area contributed by atoms with Crippen molar-refractivity contribution in [3.05, 3.63) is 30.1 Å². The minimum atomic E-state index is -3.19. The Labute approximate surface area is 111 Å². The molecule has 0 saturated heterocycles. The fourth-order valence-electron chi connectivity index (χ4n) is 1.52. The van der Waals surface area contributed by atoms with Crippen LogP contribution in [0.1, 0.15) is 12.7 Å². The summed E-state index contributed by atoms with van der Waals surface area (Å²) in [6.45, 7) is 3.36. The van der Waals surface area contributed by atoms with Gasteiger partial charge in [0.05, 0.1) is 11.4 Å². The summed E-state index contributed by atoms with van der Waals surface area (Å²) in [6, 6.07) is 6.36. The number of aromatic nitrogens is 2. The smallest absolute Gasteiger partial charge is 0.257 e. The number of hydrogen-bond acceptors (Lipinski definition) is 6. The SMILES string of the molecule is CCNCc1noc(-c2ccc(S(C)(=O)=O)cc2)n1. The van der Waals surface area contributed by atoms with Gasteiger partial charge >= 0.3 is 0 Å². The van der Waals surface area contributed by atoms with Gasteiger partial charge in [-0.2, -0.15) is 4.98 Å². The Kier molecular flexibility index (Phi) is 3.96. The molecule has 0 spiro atoms. The van der Waals surface area contributed by atoms with Gasteiger partial charge in [-0.1, -0.05) is 12.1 Å². The average Bonchev–Trinajstić information content (AvgIpc) is 2.84. The van der Waals surface area contributed by atoms with Gasteiger partial charge in [0.1, 0.15) is 0 Å². The zero-order valence-corrected chi connectivity index (χ0v) is 11.6. The molecule has 7 heteroatoms. The molecule has 1 N–H and O–H groups in total. The molecule has 0 amide bonds. The van der Waals surface area contributed by atoms with Crippen LogP contribution >= 0.6 is 0 Å². The van der Waals surface area contributed by atoms with Crippen molar-refractivity contribution < 1.29 is 12.9 Å². The molecule has 1 aromatic heterocycles. The highest BCUT2D eigenvalue weighted by molar-refractivity contribution is 7.90. The van der Waals surface area contributed by atoms with Crippen molar-refractivity contribution in [3.63, 3.8) is 0 Å². The summed E-state index contributed by atoms with van der Waals surface area (Å²) >= 11 is 0. The first-order chi connectivity index (χ1) is 9.00. The molecule has 2 rings (SSSR count). The van der Waals surface area contributed by atoms with Crippen LogP contribution < -0.4 is 5.32 Å². The predicted octanol–water partition coefficient (Wildman–Crippen LogP) is 1.25. The van der Waals surface area contributed by atoms with Gasteiger partial charge in [-0.15, -0.1) is 0 Å². The first-order valence-corrected chi connectivity index (χ1v) is 7.73. The lowest BCUT2D eigenvalue weighted by Crippen LogP contribution is -2.12. The van der Waals surface area contributed by atoms with Gasteiger partial charge in [-0.3, -0.25) is 0 Å². The van der Waals surface area contributed by atoms with Crippen molar-refractivity contribution in [2.24, 2.45) is 0 Å². The van der Waals surface area contributed by atoms with E-state index >= 15 is 0 Å². The van der Waals surface area contributed by atoms with Crippen LogP contribution in [0.3, 0.4) is 0 Å². The van der Waals surface area contributed by atoms with Crippen LogP contribution in [0.2, 0.25) is 0 Å². The fourth-order valence-corrected chi connectivity index (χ4v) is 2.16. The maximum atomic E-state index is 11.3. The molecule has 0 saturated carbocycles. The van der Waals surface area contributed by atoms with E-state index in [1.165, 1.54) is 18.4 Å². The minimum absolute atomic E-state index is 0.267. The van der Waals surface area contributed by atoms with Crippen molar-refractivity contribution in [2.75, 3.05) is 12.8 Å². The third-order valence-electron chi connectivity index (χ3n) is 2.53. The summed E-state index contributed by atoms with van der Waals surface area (Å²) in [5, 5.41) is 6.93. The molecule has 6 nitrogen and oxygen atoms in total. The van der Waals surface area contributed by atoms with Crippen LogP contribution in [0.4, 0.5) is 0 Å². The van der Waals surface area contributed by atoms with Crippen LogP contribution in [0.5, 0.6) is 0 Å². The Bertz CT molecular complexity index is 647. The van der Waals surface area contributed by atoms with Crippen LogP contribution in [0, 0.1) is 0 Å². The molecule has 0 atom stereocenters. The van der Waals surface area contributed by atoms with E-state index in [0.29, 0.717) is 23.8 Å².